The maximum atomic E-state index is 14.2. The van der Waals surface area contributed by atoms with Crippen molar-refractivity contribution in [3.63, 3.8) is 0 Å². The summed E-state index contributed by atoms with van der Waals surface area (Å²) in [5.74, 6) is -0.866. The number of piperidine rings is 3. The lowest BCUT2D eigenvalue weighted by Crippen LogP contribution is -2.55. The fourth-order valence-electron chi connectivity index (χ4n) is 7.11. The lowest BCUT2D eigenvalue weighted by atomic mass is 9.78. The molecular formula is C31H49F2N5O5S. The van der Waals surface area contributed by atoms with Gasteiger partial charge in [0.05, 0.1) is 6.26 Å². The lowest BCUT2D eigenvalue weighted by Gasteiger charge is -2.41. The third kappa shape index (κ3) is 9.50. The molecule has 44 heavy (non-hydrogen) atoms. The van der Waals surface area contributed by atoms with E-state index in [1.165, 1.54) is 27.6 Å². The van der Waals surface area contributed by atoms with Crippen molar-refractivity contribution < 1.29 is 31.9 Å². The summed E-state index contributed by atoms with van der Waals surface area (Å²) in [4.78, 5) is 30.3. The Morgan fingerprint density at radius 1 is 0.955 bits per heavy atom. The van der Waals surface area contributed by atoms with Crippen LogP contribution in [0, 0.1) is 23.5 Å². The molecule has 3 aliphatic rings. The molecule has 0 saturated carbocycles. The molecule has 1 atom stereocenters. The van der Waals surface area contributed by atoms with Gasteiger partial charge in [-0.15, -0.1) is 0 Å². The van der Waals surface area contributed by atoms with Crippen LogP contribution >= 0.6 is 0 Å². The average molecular weight is 642 g/mol. The van der Waals surface area contributed by atoms with E-state index >= 15 is 0 Å². The Bertz CT molecular complexity index is 1210. The largest absolute Gasteiger partial charge is 0.465 e. The predicted molar refractivity (Wildman–Crippen MR) is 165 cm³/mol. The molecule has 4 rings (SSSR count). The highest BCUT2D eigenvalue weighted by Gasteiger charge is 2.34. The Morgan fingerprint density at radius 3 is 2.07 bits per heavy atom. The fraction of sp³-hybridized carbons (Fsp3) is 0.742. The van der Waals surface area contributed by atoms with Gasteiger partial charge in [0.25, 0.3) is 0 Å². The molecular weight excluding hydrogens is 592 g/mol. The van der Waals surface area contributed by atoms with Crippen LogP contribution in [0.25, 0.3) is 0 Å². The van der Waals surface area contributed by atoms with Crippen LogP contribution < -0.4 is 5.32 Å². The minimum absolute atomic E-state index is 0.0401. The van der Waals surface area contributed by atoms with Crippen LogP contribution in [0.5, 0.6) is 0 Å². The van der Waals surface area contributed by atoms with Gasteiger partial charge in [0, 0.05) is 64.0 Å². The third-order valence-corrected chi connectivity index (χ3v) is 10.8. The third-order valence-electron chi connectivity index (χ3n) is 9.52. The minimum atomic E-state index is -3.27. The minimum Gasteiger partial charge on any atom is -0.465 e. The first-order chi connectivity index (χ1) is 20.8. The smallest absolute Gasteiger partial charge is 0.407 e. The summed E-state index contributed by atoms with van der Waals surface area (Å²) >= 11 is 0. The van der Waals surface area contributed by atoms with Crippen LogP contribution in [0.2, 0.25) is 0 Å². The maximum Gasteiger partial charge on any atom is 0.407 e. The topological polar surface area (TPSA) is 114 Å². The SMILES string of the molecule is CC(C)CN(C(=O)NC1CCN(C(=O)O)CC1)C1CCN(CCC(c2cc(F)cc(F)c2)C2CCN(S(C)(=O)=O)CC2)CC1. The summed E-state index contributed by atoms with van der Waals surface area (Å²) in [5.41, 5.74) is 0.629. The molecule has 0 radical (unpaired) electrons. The van der Waals surface area contributed by atoms with E-state index in [0.717, 1.165) is 38.5 Å². The van der Waals surface area contributed by atoms with E-state index < -0.39 is 27.8 Å². The first kappa shape index (κ1) is 34.4. The number of carboxylic acid groups (broad SMARTS) is 1. The number of halogens is 2. The van der Waals surface area contributed by atoms with Crippen molar-refractivity contribution in [1.29, 1.82) is 0 Å². The standard InChI is InChI=1S/C31H49F2N5O5S/c1-22(2)21-38(30(39)34-27-6-14-36(15-7-27)31(40)41)28-8-11-35(12-9-28)13-10-29(24-18-25(32)20-26(33)19-24)23-4-16-37(17-5-23)44(3,42)43/h18-20,22-23,27-29H,4-17,21H2,1-3H3,(H,34,39)(H,40,41). The van der Waals surface area contributed by atoms with Gasteiger partial charge in [-0.3, -0.25) is 0 Å². The number of nitrogens with zero attached hydrogens (tertiary/aromatic N) is 4. The quantitative estimate of drug-likeness (QED) is 0.392. The average Bonchev–Trinajstić information content (AvgIpc) is 2.96. The lowest BCUT2D eigenvalue weighted by molar-refractivity contribution is 0.103. The molecule has 1 aromatic rings. The molecule has 1 unspecified atom stereocenters. The number of amides is 3. The Kier molecular flexibility index (Phi) is 11.9. The van der Waals surface area contributed by atoms with E-state index in [2.05, 4.69) is 24.1 Å². The van der Waals surface area contributed by atoms with Crippen molar-refractivity contribution >= 4 is 22.1 Å². The first-order valence-corrected chi connectivity index (χ1v) is 17.8. The molecule has 10 nitrogen and oxygen atoms in total. The number of sulfonamides is 1. The van der Waals surface area contributed by atoms with E-state index in [0.29, 0.717) is 76.3 Å². The summed E-state index contributed by atoms with van der Waals surface area (Å²) in [6.45, 7) is 8.86. The molecule has 2 N–H and O–H groups in total. The van der Waals surface area contributed by atoms with Crippen molar-refractivity contribution in [2.45, 2.75) is 76.8 Å². The van der Waals surface area contributed by atoms with Crippen LogP contribution in [0.3, 0.4) is 0 Å². The molecule has 0 spiro atoms. The number of urea groups is 1. The van der Waals surface area contributed by atoms with Crippen LogP contribution in [0.4, 0.5) is 18.4 Å². The van der Waals surface area contributed by atoms with Crippen LogP contribution in [-0.2, 0) is 10.0 Å². The summed E-state index contributed by atoms with van der Waals surface area (Å²) in [7, 11) is -3.27. The predicted octanol–water partition coefficient (Wildman–Crippen LogP) is 4.38. The number of rotatable bonds is 10. The molecule has 3 saturated heterocycles. The van der Waals surface area contributed by atoms with Gasteiger partial charge in [-0.1, -0.05) is 13.8 Å². The van der Waals surface area contributed by atoms with Gasteiger partial charge in [0.1, 0.15) is 11.6 Å². The van der Waals surface area contributed by atoms with Gasteiger partial charge in [-0.25, -0.2) is 31.1 Å². The number of likely N-dealkylation sites (tertiary alicyclic amines) is 2. The highest BCUT2D eigenvalue weighted by atomic mass is 32.2. The van der Waals surface area contributed by atoms with E-state index in [4.69, 9.17) is 0 Å². The number of benzene rings is 1. The summed E-state index contributed by atoms with van der Waals surface area (Å²) in [6, 6.07) is 3.69. The van der Waals surface area contributed by atoms with E-state index in [-0.39, 0.29) is 30.0 Å². The van der Waals surface area contributed by atoms with Crippen molar-refractivity contribution in [3.8, 4) is 0 Å². The number of carbonyl (C=O) groups excluding carboxylic acids is 1. The molecule has 0 aromatic heterocycles. The van der Waals surface area contributed by atoms with Crippen molar-refractivity contribution in [1.82, 2.24) is 24.3 Å². The molecule has 3 fully saturated rings. The number of nitrogens with one attached hydrogen (secondary N) is 1. The zero-order chi connectivity index (χ0) is 32.0. The van der Waals surface area contributed by atoms with Gasteiger partial charge in [0.15, 0.2) is 0 Å². The van der Waals surface area contributed by atoms with Crippen molar-refractivity contribution in [2.24, 2.45) is 11.8 Å². The Labute approximate surface area is 260 Å². The molecule has 13 heteroatoms. The Morgan fingerprint density at radius 2 is 1.55 bits per heavy atom. The fourth-order valence-corrected chi connectivity index (χ4v) is 7.99. The van der Waals surface area contributed by atoms with E-state index in [9.17, 15) is 31.9 Å². The molecule has 3 amide bonds. The number of hydrogen-bond acceptors (Lipinski definition) is 5. The highest BCUT2D eigenvalue weighted by Crippen LogP contribution is 2.37. The molecule has 1 aromatic carbocycles. The van der Waals surface area contributed by atoms with Gasteiger partial charge < -0.3 is 25.1 Å². The van der Waals surface area contributed by atoms with Gasteiger partial charge in [0.2, 0.25) is 10.0 Å². The Hall–Kier alpha value is -2.51. The molecule has 3 heterocycles. The van der Waals surface area contributed by atoms with Crippen molar-refractivity contribution in [2.75, 3.05) is 58.6 Å². The summed E-state index contributed by atoms with van der Waals surface area (Å²) in [6.07, 6.45) is 5.15. The van der Waals surface area contributed by atoms with Crippen LogP contribution in [0.15, 0.2) is 18.2 Å². The zero-order valence-electron chi connectivity index (χ0n) is 26.3. The Balaban J connectivity index is 1.34. The van der Waals surface area contributed by atoms with E-state index in [1.807, 2.05) is 4.90 Å². The number of hydrogen-bond donors (Lipinski definition) is 2. The first-order valence-electron chi connectivity index (χ1n) is 16.0. The molecule has 3 aliphatic heterocycles. The second-order valence-electron chi connectivity index (χ2n) is 13.2. The second kappa shape index (κ2) is 15.2. The molecule has 0 bridgehead atoms. The van der Waals surface area contributed by atoms with Crippen molar-refractivity contribution in [3.05, 3.63) is 35.4 Å². The van der Waals surface area contributed by atoms with Gasteiger partial charge in [-0.05, 0) is 86.9 Å². The number of carbonyl (C=O) groups is 2. The molecule has 248 valence electrons. The zero-order valence-corrected chi connectivity index (χ0v) is 27.1. The second-order valence-corrected chi connectivity index (χ2v) is 15.2. The van der Waals surface area contributed by atoms with Gasteiger partial charge >= 0.3 is 12.1 Å². The molecule has 0 aliphatic carbocycles. The maximum absolute atomic E-state index is 14.2. The van der Waals surface area contributed by atoms with Gasteiger partial charge in [-0.2, -0.15) is 0 Å². The monoisotopic (exact) mass is 641 g/mol. The van der Waals surface area contributed by atoms with Crippen LogP contribution in [0.1, 0.15) is 70.3 Å². The van der Waals surface area contributed by atoms with E-state index in [1.54, 1.807) is 0 Å². The summed E-state index contributed by atoms with van der Waals surface area (Å²) < 4.78 is 54.0. The summed E-state index contributed by atoms with van der Waals surface area (Å²) in [5, 5.41) is 12.4. The van der Waals surface area contributed by atoms with Crippen LogP contribution in [-0.4, -0.2) is 115 Å². The normalized spacial score (nSPS) is 21.0. The highest BCUT2D eigenvalue weighted by molar-refractivity contribution is 7.88.